The van der Waals surface area contributed by atoms with Crippen molar-refractivity contribution in [3.05, 3.63) is 114 Å². The van der Waals surface area contributed by atoms with Gasteiger partial charge in [-0.25, -0.2) is 4.98 Å². The standard InChI is InChI=1S/C36H18ClN3S2/c37-36-38-31-24-14-6-8-16-28(24)42-34(31)35(39-36)40-26-18-20-10-2-1-9-19(20)17-25(26)29-30-23-13-5-7-15-27(23)41-33(30)22-12-4-3-11-21(22)32(29)40/h1-18H. The summed E-state index contributed by atoms with van der Waals surface area (Å²) < 4.78 is 7.18. The Morgan fingerprint density at radius 2 is 1.17 bits per heavy atom. The first kappa shape index (κ1) is 23.1. The molecule has 0 fully saturated rings. The van der Waals surface area contributed by atoms with Gasteiger partial charge < -0.3 is 0 Å². The zero-order valence-corrected chi connectivity index (χ0v) is 24.3. The third kappa shape index (κ3) is 2.95. The van der Waals surface area contributed by atoms with Gasteiger partial charge in [0.15, 0.2) is 5.82 Å². The van der Waals surface area contributed by atoms with Crippen LogP contribution in [0.5, 0.6) is 0 Å². The van der Waals surface area contributed by atoms with Crippen LogP contribution in [-0.4, -0.2) is 14.5 Å². The van der Waals surface area contributed by atoms with Crippen LogP contribution in [0.15, 0.2) is 109 Å². The third-order valence-electron chi connectivity index (χ3n) is 8.49. The van der Waals surface area contributed by atoms with Gasteiger partial charge in [-0.15, -0.1) is 22.7 Å². The first-order chi connectivity index (χ1) is 20.7. The quantitative estimate of drug-likeness (QED) is 0.178. The van der Waals surface area contributed by atoms with Gasteiger partial charge in [0, 0.05) is 51.8 Å². The van der Waals surface area contributed by atoms with Crippen molar-refractivity contribution < 1.29 is 0 Å². The Balaban J connectivity index is 1.55. The van der Waals surface area contributed by atoms with E-state index in [1.165, 1.54) is 57.2 Å². The summed E-state index contributed by atoms with van der Waals surface area (Å²) in [5, 5.41) is 11.3. The molecule has 6 heteroatoms. The molecular formula is C36H18ClN3S2. The van der Waals surface area contributed by atoms with Crippen molar-refractivity contribution >= 4 is 118 Å². The van der Waals surface area contributed by atoms with Crippen LogP contribution in [0, 0.1) is 0 Å². The van der Waals surface area contributed by atoms with E-state index in [4.69, 9.17) is 21.6 Å². The lowest BCUT2D eigenvalue weighted by Crippen LogP contribution is -2.00. The molecule has 0 amide bonds. The third-order valence-corrected chi connectivity index (χ3v) is 11.0. The number of nitrogens with zero attached hydrogens (tertiary/aromatic N) is 3. The van der Waals surface area contributed by atoms with Crippen molar-refractivity contribution in [2.24, 2.45) is 0 Å². The zero-order chi connectivity index (χ0) is 27.5. The van der Waals surface area contributed by atoms with Crippen molar-refractivity contribution in [1.29, 1.82) is 0 Å². The van der Waals surface area contributed by atoms with E-state index >= 15 is 0 Å². The average molecular weight is 592 g/mol. The van der Waals surface area contributed by atoms with Crippen LogP contribution in [0.2, 0.25) is 5.28 Å². The fraction of sp³-hybridized carbons (Fsp3) is 0. The normalized spacial score (nSPS) is 12.4. The molecule has 0 atom stereocenters. The average Bonchev–Trinajstić information content (AvgIpc) is 3.69. The molecule has 0 spiro atoms. The minimum atomic E-state index is 0.253. The van der Waals surface area contributed by atoms with E-state index in [1.807, 2.05) is 11.3 Å². The van der Waals surface area contributed by atoms with Crippen LogP contribution in [0.4, 0.5) is 0 Å². The monoisotopic (exact) mass is 591 g/mol. The maximum Gasteiger partial charge on any atom is 0.225 e. The van der Waals surface area contributed by atoms with Gasteiger partial charge in [0.2, 0.25) is 5.28 Å². The Morgan fingerprint density at radius 3 is 1.98 bits per heavy atom. The molecule has 6 aromatic carbocycles. The van der Waals surface area contributed by atoms with Gasteiger partial charge in [-0.2, -0.15) is 4.98 Å². The largest absolute Gasteiger partial charge is 0.292 e. The molecule has 4 heterocycles. The van der Waals surface area contributed by atoms with Gasteiger partial charge in [-0.3, -0.25) is 4.57 Å². The summed E-state index contributed by atoms with van der Waals surface area (Å²) >= 11 is 10.3. The molecule has 0 saturated heterocycles. The van der Waals surface area contributed by atoms with E-state index in [2.05, 4.69) is 114 Å². The summed E-state index contributed by atoms with van der Waals surface area (Å²) in [6.07, 6.45) is 0. The number of halogens is 1. The van der Waals surface area contributed by atoms with Crippen LogP contribution in [0.25, 0.3) is 89.6 Å². The summed E-state index contributed by atoms with van der Waals surface area (Å²) in [4.78, 5) is 9.73. The van der Waals surface area contributed by atoms with E-state index in [0.29, 0.717) is 0 Å². The second-order valence-corrected chi connectivity index (χ2v) is 13.2. The lowest BCUT2D eigenvalue weighted by molar-refractivity contribution is 1.08. The van der Waals surface area contributed by atoms with E-state index in [9.17, 15) is 0 Å². The molecule has 0 aliphatic rings. The molecule has 42 heavy (non-hydrogen) atoms. The maximum atomic E-state index is 6.74. The summed E-state index contributed by atoms with van der Waals surface area (Å²) in [7, 11) is 0. The molecular weight excluding hydrogens is 574 g/mol. The fourth-order valence-corrected chi connectivity index (χ4v) is 9.31. The molecule has 0 bridgehead atoms. The second kappa shape index (κ2) is 8.26. The number of thiophene rings is 2. The molecule has 0 saturated carbocycles. The lowest BCUT2D eigenvalue weighted by atomic mass is 9.99. The Morgan fingerprint density at radius 1 is 0.548 bits per heavy atom. The Labute approximate surface area is 251 Å². The van der Waals surface area contributed by atoms with Crippen LogP contribution < -0.4 is 0 Å². The molecule has 0 N–H and O–H groups in total. The minimum Gasteiger partial charge on any atom is -0.292 e. The smallest absolute Gasteiger partial charge is 0.225 e. The van der Waals surface area contributed by atoms with Crippen molar-refractivity contribution in [3.63, 3.8) is 0 Å². The SMILES string of the molecule is Clc1nc(-n2c3cc4ccccc4cc3c3c4c5ccccc5sc4c4ccccc4c32)c2sc3ccccc3c2n1. The molecule has 0 radical (unpaired) electrons. The number of aromatic nitrogens is 3. The molecule has 0 aliphatic heterocycles. The molecule has 196 valence electrons. The molecule has 0 aliphatic carbocycles. The van der Waals surface area contributed by atoms with E-state index in [0.717, 1.165) is 32.5 Å². The minimum absolute atomic E-state index is 0.253. The van der Waals surface area contributed by atoms with E-state index < -0.39 is 0 Å². The topological polar surface area (TPSA) is 30.7 Å². The van der Waals surface area contributed by atoms with E-state index in [1.54, 1.807) is 11.3 Å². The number of fused-ring (bicyclic) bond motifs is 14. The number of benzene rings is 6. The highest BCUT2D eigenvalue weighted by Gasteiger charge is 2.25. The van der Waals surface area contributed by atoms with Crippen molar-refractivity contribution in [1.82, 2.24) is 14.5 Å². The van der Waals surface area contributed by atoms with Crippen LogP contribution >= 0.6 is 34.3 Å². The molecule has 0 unspecified atom stereocenters. The predicted molar refractivity (Wildman–Crippen MR) is 182 cm³/mol. The number of hydrogen-bond donors (Lipinski definition) is 0. The molecule has 10 rings (SSSR count). The lowest BCUT2D eigenvalue weighted by Gasteiger charge is -2.11. The van der Waals surface area contributed by atoms with Crippen molar-refractivity contribution in [3.8, 4) is 5.82 Å². The first-order valence-corrected chi connectivity index (χ1v) is 15.8. The van der Waals surface area contributed by atoms with Gasteiger partial charge >= 0.3 is 0 Å². The Kier molecular flexibility index (Phi) is 4.54. The highest BCUT2D eigenvalue weighted by atomic mass is 35.5. The summed E-state index contributed by atoms with van der Waals surface area (Å²) in [5.41, 5.74) is 3.17. The van der Waals surface area contributed by atoms with Crippen molar-refractivity contribution in [2.75, 3.05) is 0 Å². The summed E-state index contributed by atoms with van der Waals surface area (Å²) in [6.45, 7) is 0. The van der Waals surface area contributed by atoms with Gasteiger partial charge in [0.05, 0.1) is 21.3 Å². The van der Waals surface area contributed by atoms with Crippen LogP contribution in [0.1, 0.15) is 0 Å². The second-order valence-electron chi connectivity index (χ2n) is 10.7. The fourth-order valence-electron chi connectivity index (χ4n) is 6.77. The maximum absolute atomic E-state index is 6.74. The first-order valence-electron chi connectivity index (χ1n) is 13.8. The zero-order valence-electron chi connectivity index (χ0n) is 21.9. The van der Waals surface area contributed by atoms with Crippen LogP contribution in [-0.2, 0) is 0 Å². The molecule has 3 nitrogen and oxygen atoms in total. The summed E-state index contributed by atoms with van der Waals surface area (Å²) in [6, 6.07) is 39.3. The van der Waals surface area contributed by atoms with Gasteiger partial charge in [0.25, 0.3) is 0 Å². The highest BCUT2D eigenvalue weighted by molar-refractivity contribution is 7.27. The van der Waals surface area contributed by atoms with Crippen LogP contribution in [0.3, 0.4) is 0 Å². The summed E-state index contributed by atoms with van der Waals surface area (Å²) in [5.74, 6) is 0.825. The predicted octanol–water partition coefficient (Wildman–Crippen LogP) is 11.3. The van der Waals surface area contributed by atoms with Gasteiger partial charge in [0.1, 0.15) is 0 Å². The van der Waals surface area contributed by atoms with E-state index in [-0.39, 0.29) is 5.28 Å². The Bertz CT molecular complexity index is 2770. The number of rotatable bonds is 1. The number of hydrogen-bond acceptors (Lipinski definition) is 4. The molecule has 4 aromatic heterocycles. The highest BCUT2D eigenvalue weighted by Crippen LogP contribution is 2.49. The van der Waals surface area contributed by atoms with Crippen molar-refractivity contribution in [2.45, 2.75) is 0 Å². The Hall–Kier alpha value is -4.55. The molecule has 10 aromatic rings. The van der Waals surface area contributed by atoms with Gasteiger partial charge in [-0.05, 0) is 46.6 Å². The van der Waals surface area contributed by atoms with Gasteiger partial charge in [-0.1, -0.05) is 84.9 Å².